The Kier molecular flexibility index (Phi) is 5.22. The third-order valence-corrected chi connectivity index (χ3v) is 2.61. The van der Waals surface area contributed by atoms with Crippen molar-refractivity contribution in [2.24, 2.45) is 0 Å². The summed E-state index contributed by atoms with van der Waals surface area (Å²) in [5, 5.41) is 3.45. The highest BCUT2D eigenvalue weighted by molar-refractivity contribution is 5.30. The quantitative estimate of drug-likeness (QED) is 0.736. The van der Waals surface area contributed by atoms with Crippen LogP contribution in [0.3, 0.4) is 0 Å². The number of nitrogens with zero attached hydrogens (tertiary/aromatic N) is 3. The highest BCUT2D eigenvalue weighted by atomic mass is 15.2. The second kappa shape index (κ2) is 6.45. The van der Waals surface area contributed by atoms with E-state index in [-0.39, 0.29) is 0 Å². The topological polar surface area (TPSA) is 33.1 Å². The van der Waals surface area contributed by atoms with Crippen LogP contribution in [0.25, 0.3) is 0 Å². The molecule has 96 valence electrons. The molecular formula is C13H24N4. The fraction of sp³-hybridized carbons (Fsp3) is 0.615. The molecule has 4 heteroatoms. The number of nitrogens with one attached hydrogen (secondary N) is 1. The van der Waals surface area contributed by atoms with E-state index < -0.39 is 0 Å². The van der Waals surface area contributed by atoms with Gasteiger partial charge >= 0.3 is 0 Å². The van der Waals surface area contributed by atoms with E-state index in [1.165, 1.54) is 0 Å². The molecule has 1 heterocycles. The number of hydrogen-bond donors (Lipinski definition) is 1. The van der Waals surface area contributed by atoms with Crippen molar-refractivity contribution in [3.8, 4) is 0 Å². The zero-order valence-electron chi connectivity index (χ0n) is 11.4. The molecule has 1 N–H and O–H groups in total. The van der Waals surface area contributed by atoms with Crippen molar-refractivity contribution < 1.29 is 0 Å². The molecule has 1 aromatic heterocycles. The van der Waals surface area contributed by atoms with Gasteiger partial charge in [0.15, 0.2) is 0 Å². The van der Waals surface area contributed by atoms with Crippen molar-refractivity contribution in [1.82, 2.24) is 14.5 Å². The van der Waals surface area contributed by atoms with Gasteiger partial charge in [-0.2, -0.15) is 0 Å². The molecule has 17 heavy (non-hydrogen) atoms. The predicted octanol–water partition coefficient (Wildman–Crippen LogP) is 2.13. The lowest BCUT2D eigenvalue weighted by atomic mass is 10.2. The Morgan fingerprint density at radius 2 is 2.29 bits per heavy atom. The van der Waals surface area contributed by atoms with E-state index in [4.69, 9.17) is 0 Å². The average Bonchev–Trinajstić information content (AvgIpc) is 2.57. The van der Waals surface area contributed by atoms with Crippen LogP contribution < -0.4 is 5.32 Å². The van der Waals surface area contributed by atoms with Crippen LogP contribution in [0.2, 0.25) is 0 Å². The van der Waals surface area contributed by atoms with Crippen molar-refractivity contribution >= 4 is 5.95 Å². The van der Waals surface area contributed by atoms with Gasteiger partial charge < -0.3 is 14.8 Å². The first-order chi connectivity index (χ1) is 8.02. The number of hydrogen-bond acceptors (Lipinski definition) is 3. The van der Waals surface area contributed by atoms with Crippen LogP contribution in [-0.2, 0) is 6.54 Å². The van der Waals surface area contributed by atoms with E-state index in [2.05, 4.69) is 47.4 Å². The van der Waals surface area contributed by atoms with Gasteiger partial charge in [-0.15, -0.1) is 6.58 Å². The number of aromatic nitrogens is 2. The van der Waals surface area contributed by atoms with Gasteiger partial charge in [-0.05, 0) is 40.9 Å². The minimum absolute atomic E-state index is 0.419. The third kappa shape index (κ3) is 4.61. The maximum absolute atomic E-state index is 4.49. The lowest BCUT2D eigenvalue weighted by Crippen LogP contribution is -2.24. The third-order valence-electron chi connectivity index (χ3n) is 2.61. The van der Waals surface area contributed by atoms with Gasteiger partial charge in [0.1, 0.15) is 0 Å². The first-order valence-electron chi connectivity index (χ1n) is 6.09. The van der Waals surface area contributed by atoms with Crippen molar-refractivity contribution in [3.63, 3.8) is 0 Å². The molecule has 0 aliphatic rings. The van der Waals surface area contributed by atoms with Gasteiger partial charge in [-0.3, -0.25) is 0 Å². The summed E-state index contributed by atoms with van der Waals surface area (Å²) in [6.07, 6.45) is 5.03. The van der Waals surface area contributed by atoms with Crippen LogP contribution in [-0.4, -0.2) is 41.1 Å². The van der Waals surface area contributed by atoms with Gasteiger partial charge in [-0.1, -0.05) is 6.08 Å². The molecule has 1 unspecified atom stereocenters. The Morgan fingerprint density at radius 1 is 1.59 bits per heavy atom. The van der Waals surface area contributed by atoms with Crippen LogP contribution in [0.4, 0.5) is 5.95 Å². The molecule has 1 aromatic rings. The SMILES string of the molecule is C=CCn1cc(C)nc1NC(C)CCN(C)C. The molecule has 0 saturated heterocycles. The van der Waals surface area contributed by atoms with Crippen LogP contribution in [0.1, 0.15) is 19.0 Å². The largest absolute Gasteiger partial charge is 0.353 e. The van der Waals surface area contributed by atoms with E-state index >= 15 is 0 Å². The molecule has 0 aliphatic heterocycles. The molecule has 0 fully saturated rings. The van der Waals surface area contributed by atoms with E-state index in [0.29, 0.717) is 6.04 Å². The van der Waals surface area contributed by atoms with Gasteiger partial charge in [0, 0.05) is 18.8 Å². The predicted molar refractivity (Wildman–Crippen MR) is 73.4 cm³/mol. The van der Waals surface area contributed by atoms with Gasteiger partial charge in [-0.25, -0.2) is 4.98 Å². The van der Waals surface area contributed by atoms with Gasteiger partial charge in [0.25, 0.3) is 0 Å². The zero-order chi connectivity index (χ0) is 12.8. The normalized spacial score (nSPS) is 12.8. The van der Waals surface area contributed by atoms with Gasteiger partial charge in [0.2, 0.25) is 5.95 Å². The number of anilines is 1. The number of rotatable bonds is 7. The Bertz CT molecular complexity index is 354. The Labute approximate surface area is 104 Å². The summed E-state index contributed by atoms with van der Waals surface area (Å²) in [7, 11) is 4.19. The summed E-state index contributed by atoms with van der Waals surface area (Å²) in [5.74, 6) is 0.939. The molecule has 0 saturated carbocycles. The fourth-order valence-corrected chi connectivity index (χ4v) is 1.68. The first-order valence-corrected chi connectivity index (χ1v) is 6.09. The molecule has 0 aromatic carbocycles. The molecule has 0 bridgehead atoms. The minimum Gasteiger partial charge on any atom is -0.353 e. The van der Waals surface area contributed by atoms with E-state index in [1.54, 1.807) is 0 Å². The van der Waals surface area contributed by atoms with E-state index in [1.807, 2.05) is 19.2 Å². The van der Waals surface area contributed by atoms with Crippen molar-refractivity contribution in [1.29, 1.82) is 0 Å². The van der Waals surface area contributed by atoms with Crippen LogP contribution in [0, 0.1) is 6.92 Å². The Balaban J connectivity index is 2.57. The summed E-state index contributed by atoms with van der Waals surface area (Å²) in [4.78, 5) is 6.68. The van der Waals surface area contributed by atoms with E-state index in [9.17, 15) is 0 Å². The molecule has 4 nitrogen and oxygen atoms in total. The van der Waals surface area contributed by atoms with E-state index in [0.717, 1.165) is 31.2 Å². The Morgan fingerprint density at radius 3 is 2.88 bits per heavy atom. The maximum atomic E-state index is 4.49. The lowest BCUT2D eigenvalue weighted by molar-refractivity contribution is 0.390. The molecular weight excluding hydrogens is 212 g/mol. The smallest absolute Gasteiger partial charge is 0.203 e. The van der Waals surface area contributed by atoms with Crippen molar-refractivity contribution in [2.75, 3.05) is 26.0 Å². The molecule has 0 radical (unpaired) electrons. The monoisotopic (exact) mass is 236 g/mol. The molecule has 1 atom stereocenters. The summed E-state index contributed by atoms with van der Waals surface area (Å²) in [6.45, 7) is 9.83. The van der Waals surface area contributed by atoms with Crippen LogP contribution in [0.15, 0.2) is 18.9 Å². The van der Waals surface area contributed by atoms with Gasteiger partial charge in [0.05, 0.1) is 5.69 Å². The molecule has 0 amide bonds. The van der Waals surface area contributed by atoms with Crippen LogP contribution in [0.5, 0.6) is 0 Å². The first kappa shape index (κ1) is 13.8. The van der Waals surface area contributed by atoms with Crippen LogP contribution >= 0.6 is 0 Å². The van der Waals surface area contributed by atoms with Crippen molar-refractivity contribution in [3.05, 3.63) is 24.5 Å². The highest BCUT2D eigenvalue weighted by Crippen LogP contribution is 2.11. The molecule has 1 rings (SSSR count). The Hall–Kier alpha value is -1.29. The summed E-state index contributed by atoms with van der Waals surface area (Å²) < 4.78 is 2.09. The number of aryl methyl sites for hydroxylation is 1. The number of allylic oxidation sites excluding steroid dienone is 1. The lowest BCUT2D eigenvalue weighted by Gasteiger charge is -2.17. The molecule has 0 spiro atoms. The maximum Gasteiger partial charge on any atom is 0.203 e. The van der Waals surface area contributed by atoms with Crippen molar-refractivity contribution in [2.45, 2.75) is 32.9 Å². The minimum atomic E-state index is 0.419. The highest BCUT2D eigenvalue weighted by Gasteiger charge is 2.08. The standard InChI is InChI=1S/C13H24N4/c1-6-8-17-10-12(3)15-13(17)14-11(2)7-9-16(4)5/h6,10-11H,1,7-9H2,2-5H3,(H,14,15). The second-order valence-corrected chi connectivity index (χ2v) is 4.78. The summed E-state index contributed by atoms with van der Waals surface area (Å²) >= 11 is 0. The summed E-state index contributed by atoms with van der Waals surface area (Å²) in [6, 6.07) is 0.419. The second-order valence-electron chi connectivity index (χ2n) is 4.78. The molecule has 0 aliphatic carbocycles. The zero-order valence-corrected chi connectivity index (χ0v) is 11.4. The fourth-order valence-electron chi connectivity index (χ4n) is 1.68. The summed E-state index contributed by atoms with van der Waals surface area (Å²) in [5.41, 5.74) is 1.04. The number of imidazole rings is 1. The average molecular weight is 236 g/mol.